The van der Waals surface area contributed by atoms with E-state index in [0.29, 0.717) is 25.5 Å². The van der Waals surface area contributed by atoms with Crippen LogP contribution in [0.1, 0.15) is 44.6 Å². The minimum Gasteiger partial charge on any atom is -0.493 e. The summed E-state index contributed by atoms with van der Waals surface area (Å²) in [6, 6.07) is 6.29. The minimum absolute atomic E-state index is 0.148. The highest BCUT2D eigenvalue weighted by atomic mass is 16.5. The lowest BCUT2D eigenvalue weighted by atomic mass is 9.87. The van der Waals surface area contributed by atoms with E-state index in [2.05, 4.69) is 17.1 Å². The van der Waals surface area contributed by atoms with Gasteiger partial charge < -0.3 is 19.7 Å². The van der Waals surface area contributed by atoms with Gasteiger partial charge in [0.1, 0.15) is 6.61 Å². The Hall–Kier alpha value is -1.75. The predicted molar refractivity (Wildman–Crippen MR) is 105 cm³/mol. The topological polar surface area (TPSA) is 50.8 Å². The van der Waals surface area contributed by atoms with Crippen LogP contribution >= 0.6 is 0 Å². The molecule has 0 radical (unpaired) electrons. The van der Waals surface area contributed by atoms with Crippen LogP contribution in [0.5, 0.6) is 11.5 Å². The van der Waals surface area contributed by atoms with Gasteiger partial charge >= 0.3 is 0 Å². The van der Waals surface area contributed by atoms with Crippen LogP contribution in [-0.4, -0.2) is 51.2 Å². The molecule has 0 spiro atoms. The van der Waals surface area contributed by atoms with Crippen LogP contribution in [0.4, 0.5) is 0 Å². The number of ether oxygens (including phenoxy) is 2. The minimum atomic E-state index is 0.148. The highest BCUT2D eigenvalue weighted by molar-refractivity contribution is 5.76. The fourth-order valence-electron chi connectivity index (χ4n) is 3.29. The predicted octanol–water partition coefficient (Wildman–Crippen LogP) is 3.26. The van der Waals surface area contributed by atoms with Crippen LogP contribution in [0.25, 0.3) is 0 Å². The summed E-state index contributed by atoms with van der Waals surface area (Å²) in [6.45, 7) is 3.76. The second kappa shape index (κ2) is 10.4. The Bertz CT molecular complexity index is 566. The maximum absolute atomic E-state index is 12.2. The normalized spacial score (nSPS) is 20.0. The van der Waals surface area contributed by atoms with E-state index >= 15 is 0 Å². The zero-order valence-corrected chi connectivity index (χ0v) is 16.7. The quantitative estimate of drug-likeness (QED) is 0.733. The molecule has 0 saturated heterocycles. The van der Waals surface area contributed by atoms with E-state index in [9.17, 15) is 4.79 Å². The summed E-state index contributed by atoms with van der Waals surface area (Å²) < 4.78 is 11.2. The van der Waals surface area contributed by atoms with Gasteiger partial charge in [-0.2, -0.15) is 0 Å². The number of nitrogens with one attached hydrogen (secondary N) is 1. The molecule has 26 heavy (non-hydrogen) atoms. The Balaban J connectivity index is 1.80. The van der Waals surface area contributed by atoms with Gasteiger partial charge in [-0.05, 0) is 69.8 Å². The SMILES string of the molecule is COc1cc(CCC(=O)NC2CCC(C)CC2)ccc1OCCN(C)C. The number of carbonyl (C=O) groups is 1. The molecule has 1 aliphatic carbocycles. The van der Waals surface area contributed by atoms with Crippen molar-refractivity contribution in [1.82, 2.24) is 10.2 Å². The number of hydrogen-bond acceptors (Lipinski definition) is 4. The molecule has 1 aliphatic rings. The summed E-state index contributed by atoms with van der Waals surface area (Å²) in [7, 11) is 5.68. The molecule has 1 N–H and O–H groups in total. The third kappa shape index (κ3) is 6.87. The number of benzene rings is 1. The number of carbonyl (C=O) groups excluding carboxylic acids is 1. The maximum atomic E-state index is 12.2. The smallest absolute Gasteiger partial charge is 0.220 e. The molecule has 0 aliphatic heterocycles. The molecule has 0 aromatic heterocycles. The first-order chi connectivity index (χ1) is 12.5. The van der Waals surface area contributed by atoms with Crippen LogP contribution in [0.3, 0.4) is 0 Å². The number of rotatable bonds is 9. The second-order valence-corrected chi connectivity index (χ2v) is 7.66. The van der Waals surface area contributed by atoms with E-state index in [1.165, 1.54) is 12.8 Å². The zero-order chi connectivity index (χ0) is 18.9. The van der Waals surface area contributed by atoms with Crippen LogP contribution in [-0.2, 0) is 11.2 Å². The van der Waals surface area contributed by atoms with Crippen molar-refractivity contribution in [1.29, 1.82) is 0 Å². The number of likely N-dealkylation sites (N-methyl/N-ethyl adjacent to an activating group) is 1. The zero-order valence-electron chi connectivity index (χ0n) is 16.7. The molecule has 0 heterocycles. The van der Waals surface area contributed by atoms with E-state index in [-0.39, 0.29) is 5.91 Å². The van der Waals surface area contributed by atoms with Crippen molar-refractivity contribution >= 4 is 5.91 Å². The number of aryl methyl sites for hydroxylation is 1. The van der Waals surface area contributed by atoms with Crippen LogP contribution in [0, 0.1) is 5.92 Å². The molecule has 146 valence electrons. The molecular weight excluding hydrogens is 328 g/mol. The average Bonchev–Trinajstić information content (AvgIpc) is 2.62. The molecule has 1 aromatic carbocycles. The van der Waals surface area contributed by atoms with Gasteiger partial charge in [-0.1, -0.05) is 13.0 Å². The Morgan fingerprint density at radius 3 is 2.58 bits per heavy atom. The molecular formula is C21H34N2O3. The van der Waals surface area contributed by atoms with Gasteiger partial charge in [-0.15, -0.1) is 0 Å². The molecule has 0 bridgehead atoms. The summed E-state index contributed by atoms with van der Waals surface area (Å²) in [5, 5.41) is 3.19. The average molecular weight is 363 g/mol. The van der Waals surface area contributed by atoms with Crippen LogP contribution in [0.2, 0.25) is 0 Å². The lowest BCUT2D eigenvalue weighted by molar-refractivity contribution is -0.122. The first-order valence-electron chi connectivity index (χ1n) is 9.71. The Morgan fingerprint density at radius 1 is 1.19 bits per heavy atom. The molecule has 1 fully saturated rings. The lowest BCUT2D eigenvalue weighted by Crippen LogP contribution is -2.37. The summed E-state index contributed by atoms with van der Waals surface area (Å²) in [4.78, 5) is 14.3. The maximum Gasteiger partial charge on any atom is 0.220 e. The highest BCUT2D eigenvalue weighted by Crippen LogP contribution is 2.28. The van der Waals surface area contributed by atoms with Gasteiger partial charge in [0.15, 0.2) is 11.5 Å². The monoisotopic (exact) mass is 362 g/mol. The third-order valence-corrected chi connectivity index (χ3v) is 5.05. The molecule has 1 aromatic rings. The van der Waals surface area contributed by atoms with Crippen molar-refractivity contribution < 1.29 is 14.3 Å². The lowest BCUT2D eigenvalue weighted by Gasteiger charge is -2.26. The van der Waals surface area contributed by atoms with E-state index in [4.69, 9.17) is 9.47 Å². The Kier molecular flexibility index (Phi) is 8.23. The largest absolute Gasteiger partial charge is 0.493 e. The van der Waals surface area contributed by atoms with Crippen molar-refractivity contribution in [3.8, 4) is 11.5 Å². The van der Waals surface area contributed by atoms with Gasteiger partial charge in [0, 0.05) is 19.0 Å². The summed E-state index contributed by atoms with van der Waals surface area (Å²) in [5.41, 5.74) is 1.09. The van der Waals surface area contributed by atoms with Gasteiger partial charge in [0.2, 0.25) is 5.91 Å². The number of hydrogen-bond donors (Lipinski definition) is 1. The standard InChI is InChI=1S/C21H34N2O3/c1-16-5-9-18(10-6-16)22-21(24)12-8-17-7-11-19(20(15-17)25-4)26-14-13-23(2)3/h7,11,15-16,18H,5-6,8-10,12-14H2,1-4H3,(H,22,24). The highest BCUT2D eigenvalue weighted by Gasteiger charge is 2.19. The Labute approximate surface area is 158 Å². The van der Waals surface area contributed by atoms with Crippen molar-refractivity contribution in [3.05, 3.63) is 23.8 Å². The van der Waals surface area contributed by atoms with Crippen molar-refractivity contribution in [3.63, 3.8) is 0 Å². The van der Waals surface area contributed by atoms with Crippen molar-refractivity contribution in [2.45, 2.75) is 51.5 Å². The fourth-order valence-corrected chi connectivity index (χ4v) is 3.29. The summed E-state index contributed by atoms with van der Waals surface area (Å²) in [5.74, 6) is 2.42. The van der Waals surface area contributed by atoms with Crippen LogP contribution < -0.4 is 14.8 Å². The number of nitrogens with zero attached hydrogens (tertiary/aromatic N) is 1. The molecule has 5 nitrogen and oxygen atoms in total. The molecule has 2 rings (SSSR count). The van der Waals surface area contributed by atoms with Crippen LogP contribution in [0.15, 0.2) is 18.2 Å². The second-order valence-electron chi connectivity index (χ2n) is 7.66. The van der Waals surface area contributed by atoms with Gasteiger partial charge in [-0.25, -0.2) is 0 Å². The first kappa shape index (κ1) is 20.6. The van der Waals surface area contributed by atoms with E-state index in [0.717, 1.165) is 42.4 Å². The number of amides is 1. The molecule has 1 amide bonds. The summed E-state index contributed by atoms with van der Waals surface area (Å²) >= 11 is 0. The molecule has 0 atom stereocenters. The first-order valence-corrected chi connectivity index (χ1v) is 9.71. The van der Waals surface area contributed by atoms with Gasteiger partial charge in [0.25, 0.3) is 0 Å². The van der Waals surface area contributed by atoms with Crippen molar-refractivity contribution in [2.24, 2.45) is 5.92 Å². The third-order valence-electron chi connectivity index (χ3n) is 5.05. The number of methoxy groups -OCH3 is 1. The van der Waals surface area contributed by atoms with Gasteiger partial charge in [-0.3, -0.25) is 4.79 Å². The van der Waals surface area contributed by atoms with E-state index in [1.54, 1.807) is 7.11 Å². The summed E-state index contributed by atoms with van der Waals surface area (Å²) in [6.07, 6.45) is 5.88. The van der Waals surface area contributed by atoms with E-state index < -0.39 is 0 Å². The van der Waals surface area contributed by atoms with Gasteiger partial charge in [0.05, 0.1) is 7.11 Å². The molecule has 1 saturated carbocycles. The molecule has 5 heteroatoms. The Morgan fingerprint density at radius 2 is 1.92 bits per heavy atom. The molecule has 0 unspecified atom stereocenters. The van der Waals surface area contributed by atoms with Crippen molar-refractivity contribution in [2.75, 3.05) is 34.4 Å². The van der Waals surface area contributed by atoms with E-state index in [1.807, 2.05) is 32.3 Å². The fraction of sp³-hybridized carbons (Fsp3) is 0.667.